The molecule has 0 spiro atoms. The van der Waals surface area contributed by atoms with Crippen molar-refractivity contribution in [2.24, 2.45) is 5.92 Å². The van der Waals surface area contributed by atoms with E-state index in [4.69, 9.17) is 14.2 Å². The lowest BCUT2D eigenvalue weighted by Crippen LogP contribution is -2.46. The average Bonchev–Trinajstić information content (AvgIpc) is 2.81. The number of carbonyl (C=O) groups is 3. The van der Waals surface area contributed by atoms with Gasteiger partial charge in [0.25, 0.3) is 17.5 Å². The van der Waals surface area contributed by atoms with Gasteiger partial charge >= 0.3 is 5.97 Å². The van der Waals surface area contributed by atoms with E-state index >= 15 is 0 Å². The Morgan fingerprint density at radius 3 is 2.18 bits per heavy atom. The number of non-ortho nitro benzene ring substituents is 1. The molecule has 34 heavy (non-hydrogen) atoms. The Balaban J connectivity index is 2.02. The first-order valence-corrected chi connectivity index (χ1v) is 10.8. The lowest BCUT2D eigenvalue weighted by Gasteiger charge is -2.21. The number of amides is 2. The molecule has 1 atom stereocenters. The fourth-order valence-electron chi connectivity index (χ4n) is 2.79. The Morgan fingerprint density at radius 2 is 1.68 bits per heavy atom. The van der Waals surface area contributed by atoms with E-state index in [1.807, 2.05) is 0 Å². The summed E-state index contributed by atoms with van der Waals surface area (Å²) in [4.78, 5) is 47.8. The summed E-state index contributed by atoms with van der Waals surface area (Å²) in [5.41, 5.74) is 0.336. The molecule has 12 heteroatoms. The summed E-state index contributed by atoms with van der Waals surface area (Å²) in [5, 5.41) is 15.9. The van der Waals surface area contributed by atoms with Crippen molar-refractivity contribution in [2.45, 2.75) is 19.9 Å². The molecule has 2 N–H and O–H groups in total. The number of nitro groups is 1. The van der Waals surface area contributed by atoms with Crippen LogP contribution in [0, 0.1) is 16.0 Å². The van der Waals surface area contributed by atoms with Crippen molar-refractivity contribution in [1.82, 2.24) is 5.32 Å². The molecule has 11 nitrogen and oxygen atoms in total. The van der Waals surface area contributed by atoms with Crippen molar-refractivity contribution in [3.63, 3.8) is 0 Å². The van der Waals surface area contributed by atoms with E-state index in [2.05, 4.69) is 26.6 Å². The van der Waals surface area contributed by atoms with Gasteiger partial charge in [0, 0.05) is 28.2 Å². The molecular formula is C22H24BrN3O8. The topological polar surface area (TPSA) is 146 Å². The van der Waals surface area contributed by atoms with Gasteiger partial charge in [-0.05, 0) is 40.0 Å². The smallest absolute Gasteiger partial charge is 0.329 e. The number of nitro benzene ring substituents is 1. The number of benzene rings is 2. The Morgan fingerprint density at radius 1 is 1.06 bits per heavy atom. The first-order chi connectivity index (χ1) is 16.0. The summed E-state index contributed by atoms with van der Waals surface area (Å²) < 4.78 is 15.7. The maximum atomic E-state index is 12.7. The molecule has 2 rings (SSSR count). The summed E-state index contributed by atoms with van der Waals surface area (Å²) in [6.07, 6.45) is 0. The van der Waals surface area contributed by atoms with Gasteiger partial charge in [0.2, 0.25) is 0 Å². The molecule has 0 aromatic heterocycles. The van der Waals surface area contributed by atoms with Gasteiger partial charge in [0.05, 0.1) is 24.8 Å². The van der Waals surface area contributed by atoms with Crippen molar-refractivity contribution in [3.8, 4) is 11.5 Å². The summed E-state index contributed by atoms with van der Waals surface area (Å²) >= 11 is 3.14. The van der Waals surface area contributed by atoms with Crippen molar-refractivity contribution in [3.05, 3.63) is 56.5 Å². The fraction of sp³-hybridized carbons (Fsp3) is 0.318. The number of carbonyl (C=O) groups excluding carboxylic acids is 3. The van der Waals surface area contributed by atoms with Crippen LogP contribution in [0.25, 0.3) is 0 Å². The number of methoxy groups -OCH3 is 2. The van der Waals surface area contributed by atoms with Gasteiger partial charge < -0.3 is 24.8 Å². The van der Waals surface area contributed by atoms with Gasteiger partial charge in [0.1, 0.15) is 17.5 Å². The molecule has 0 aliphatic heterocycles. The molecule has 1 unspecified atom stereocenters. The van der Waals surface area contributed by atoms with E-state index in [0.29, 0.717) is 16.0 Å². The van der Waals surface area contributed by atoms with Crippen LogP contribution in [0.5, 0.6) is 11.5 Å². The Bertz CT molecular complexity index is 1070. The van der Waals surface area contributed by atoms with E-state index in [9.17, 15) is 24.5 Å². The Kier molecular flexibility index (Phi) is 9.36. The van der Waals surface area contributed by atoms with Crippen LogP contribution in [0.15, 0.2) is 40.9 Å². The highest BCUT2D eigenvalue weighted by atomic mass is 79.9. The number of hydrogen-bond acceptors (Lipinski definition) is 8. The van der Waals surface area contributed by atoms with Crippen molar-refractivity contribution in [1.29, 1.82) is 0 Å². The minimum Gasteiger partial charge on any atom is -0.497 e. The summed E-state index contributed by atoms with van der Waals surface area (Å²) in [5.74, 6) is -1.53. The lowest BCUT2D eigenvalue weighted by atomic mass is 10.0. The molecule has 0 heterocycles. The van der Waals surface area contributed by atoms with Crippen LogP contribution in [-0.4, -0.2) is 49.6 Å². The summed E-state index contributed by atoms with van der Waals surface area (Å²) in [7, 11) is 2.90. The minimum atomic E-state index is -1.02. The highest BCUT2D eigenvalue weighted by molar-refractivity contribution is 9.10. The number of ether oxygens (including phenoxy) is 3. The van der Waals surface area contributed by atoms with E-state index in [-0.39, 0.29) is 22.9 Å². The van der Waals surface area contributed by atoms with Crippen LogP contribution in [-0.2, 0) is 14.3 Å². The van der Waals surface area contributed by atoms with Crippen molar-refractivity contribution < 1.29 is 33.5 Å². The normalized spacial score (nSPS) is 11.4. The molecule has 0 aliphatic carbocycles. The van der Waals surface area contributed by atoms with E-state index in [0.717, 1.165) is 0 Å². The zero-order chi connectivity index (χ0) is 25.4. The highest BCUT2D eigenvalue weighted by Crippen LogP contribution is 2.27. The van der Waals surface area contributed by atoms with Gasteiger partial charge in [-0.3, -0.25) is 19.7 Å². The average molecular weight is 538 g/mol. The third kappa shape index (κ3) is 7.17. The number of nitrogens with zero attached hydrogens (tertiary/aromatic N) is 1. The monoisotopic (exact) mass is 537 g/mol. The molecule has 0 fully saturated rings. The van der Waals surface area contributed by atoms with Crippen molar-refractivity contribution >= 4 is 45.1 Å². The molecule has 0 bridgehead atoms. The second kappa shape index (κ2) is 12.0. The molecule has 0 saturated carbocycles. The largest absolute Gasteiger partial charge is 0.497 e. The standard InChI is InChI=1S/C22H24BrN3O8/c1-12(2)20(25-21(28)13-7-15(32-3)10-16(8-13)33-4)22(29)34-11-19(27)24-18-6-5-14(26(30)31)9-17(18)23/h5-10,12,20H,11H2,1-4H3,(H,24,27)(H,25,28). The maximum Gasteiger partial charge on any atom is 0.329 e. The van der Waals surface area contributed by atoms with Crippen LogP contribution in [0.4, 0.5) is 11.4 Å². The van der Waals surface area contributed by atoms with Crippen LogP contribution >= 0.6 is 15.9 Å². The number of halogens is 1. The molecule has 0 aliphatic rings. The minimum absolute atomic E-state index is 0.152. The van der Waals surface area contributed by atoms with E-state index in [1.165, 1.54) is 44.6 Å². The lowest BCUT2D eigenvalue weighted by molar-refractivity contribution is -0.384. The second-order valence-corrected chi connectivity index (χ2v) is 8.23. The van der Waals surface area contributed by atoms with Gasteiger partial charge in [0.15, 0.2) is 6.61 Å². The highest BCUT2D eigenvalue weighted by Gasteiger charge is 2.27. The Labute approximate surface area is 204 Å². The van der Waals surface area contributed by atoms with Crippen LogP contribution in [0.1, 0.15) is 24.2 Å². The third-order valence-corrected chi connectivity index (χ3v) is 5.26. The van der Waals surface area contributed by atoms with Gasteiger partial charge in [-0.25, -0.2) is 4.79 Å². The number of esters is 1. The quantitative estimate of drug-likeness (QED) is 0.266. The second-order valence-electron chi connectivity index (χ2n) is 7.37. The van der Waals surface area contributed by atoms with Gasteiger partial charge in [-0.15, -0.1) is 0 Å². The van der Waals surface area contributed by atoms with E-state index in [1.54, 1.807) is 19.9 Å². The van der Waals surface area contributed by atoms with E-state index < -0.39 is 35.4 Å². The van der Waals surface area contributed by atoms with Crippen LogP contribution < -0.4 is 20.1 Å². The first kappa shape index (κ1) is 26.6. The van der Waals surface area contributed by atoms with Gasteiger partial charge in [-0.2, -0.15) is 0 Å². The SMILES string of the molecule is COc1cc(OC)cc(C(=O)NC(C(=O)OCC(=O)Nc2ccc([N+](=O)[O-])cc2Br)C(C)C)c1. The molecular weight excluding hydrogens is 514 g/mol. The Hall–Kier alpha value is -3.67. The van der Waals surface area contributed by atoms with Gasteiger partial charge in [-0.1, -0.05) is 13.8 Å². The number of rotatable bonds is 10. The molecule has 2 aromatic carbocycles. The zero-order valence-electron chi connectivity index (χ0n) is 18.9. The third-order valence-electron chi connectivity index (χ3n) is 4.60. The van der Waals surface area contributed by atoms with Crippen molar-refractivity contribution in [2.75, 3.05) is 26.1 Å². The molecule has 0 radical (unpaired) electrons. The summed E-state index contributed by atoms with van der Waals surface area (Å²) in [6, 6.07) is 7.38. The molecule has 182 valence electrons. The molecule has 2 aromatic rings. The predicted molar refractivity (Wildman–Crippen MR) is 126 cm³/mol. The summed E-state index contributed by atoms with van der Waals surface area (Å²) in [6.45, 7) is 2.81. The van der Waals surface area contributed by atoms with Crippen LogP contribution in [0.3, 0.4) is 0 Å². The number of anilines is 1. The zero-order valence-corrected chi connectivity index (χ0v) is 20.5. The fourth-order valence-corrected chi connectivity index (χ4v) is 3.26. The molecule has 0 saturated heterocycles. The first-order valence-electron chi connectivity index (χ1n) is 10.00. The molecule has 2 amide bonds. The maximum absolute atomic E-state index is 12.7. The number of hydrogen-bond donors (Lipinski definition) is 2. The number of nitrogens with one attached hydrogen (secondary N) is 2. The van der Waals surface area contributed by atoms with Crippen LogP contribution in [0.2, 0.25) is 0 Å². The predicted octanol–water partition coefficient (Wildman–Crippen LogP) is 3.31.